The number of amides is 1. The molecule has 28 heavy (non-hydrogen) atoms. The number of Topliss-reactive ketones (excluding diaryl/α,β-unsaturated/α-hetero) is 1. The third-order valence-corrected chi connectivity index (χ3v) is 7.11. The lowest BCUT2D eigenvalue weighted by atomic mass is 10.1. The number of nitrogens with zero attached hydrogens (tertiary/aromatic N) is 5. The highest BCUT2D eigenvalue weighted by molar-refractivity contribution is 8.00. The molecule has 3 aromatic rings. The number of ketones is 1. The van der Waals surface area contributed by atoms with Crippen molar-refractivity contribution in [3.63, 3.8) is 0 Å². The average Bonchev–Trinajstić information content (AvgIpc) is 3.45. The maximum Gasteiger partial charge on any atom is 0.248 e. The maximum atomic E-state index is 12.6. The molecule has 1 fully saturated rings. The molecule has 0 bridgehead atoms. The van der Waals surface area contributed by atoms with Crippen molar-refractivity contribution in [2.24, 2.45) is 7.05 Å². The zero-order chi connectivity index (χ0) is 19.7. The lowest BCUT2D eigenvalue weighted by Gasteiger charge is -2.14. The van der Waals surface area contributed by atoms with E-state index in [0.717, 1.165) is 27.4 Å². The van der Waals surface area contributed by atoms with Crippen LogP contribution in [-0.2, 0) is 11.8 Å². The molecular weight excluding hydrogens is 398 g/mol. The topological polar surface area (TPSA) is 101 Å². The quantitative estimate of drug-likeness (QED) is 0.370. The van der Waals surface area contributed by atoms with E-state index in [4.69, 9.17) is 5.11 Å². The van der Waals surface area contributed by atoms with Gasteiger partial charge in [0.2, 0.25) is 5.91 Å². The number of thiophene rings is 1. The van der Waals surface area contributed by atoms with Gasteiger partial charge in [-0.1, -0.05) is 11.8 Å². The number of aromatic nitrogens is 4. The minimum Gasteiger partial charge on any atom is -0.387 e. The number of carbonyl (C=O) groups is 2. The van der Waals surface area contributed by atoms with Gasteiger partial charge in [-0.15, -0.1) is 11.3 Å². The van der Waals surface area contributed by atoms with Crippen molar-refractivity contribution < 1.29 is 14.7 Å². The Balaban J connectivity index is 1.40. The van der Waals surface area contributed by atoms with Crippen LogP contribution < -0.4 is 0 Å². The van der Waals surface area contributed by atoms with Gasteiger partial charge in [0.15, 0.2) is 11.4 Å². The number of hydrogen-bond donors (Lipinski definition) is 1. The predicted octanol–water partition coefficient (Wildman–Crippen LogP) is 1.71. The van der Waals surface area contributed by atoms with Crippen LogP contribution in [0, 0.1) is 0 Å². The fraction of sp³-hybridized carbons (Fsp3) is 0.389. The molecule has 3 aromatic heterocycles. The van der Waals surface area contributed by atoms with Crippen LogP contribution in [0.4, 0.5) is 0 Å². The first-order valence-corrected chi connectivity index (χ1v) is 10.6. The first-order chi connectivity index (χ1) is 13.6. The van der Waals surface area contributed by atoms with Crippen molar-refractivity contribution in [2.75, 3.05) is 25.4 Å². The molecule has 1 N–H and O–H groups in total. The van der Waals surface area contributed by atoms with E-state index >= 15 is 0 Å². The van der Waals surface area contributed by atoms with Crippen LogP contribution in [-0.4, -0.2) is 66.9 Å². The van der Waals surface area contributed by atoms with Gasteiger partial charge >= 0.3 is 0 Å². The van der Waals surface area contributed by atoms with Gasteiger partial charge in [0.25, 0.3) is 0 Å². The van der Waals surface area contributed by atoms with Crippen molar-refractivity contribution in [1.82, 2.24) is 24.6 Å². The number of aliphatic hydroxyl groups excluding tert-OH is 1. The zero-order valence-electron chi connectivity index (χ0n) is 15.2. The van der Waals surface area contributed by atoms with Gasteiger partial charge in [-0.25, -0.2) is 9.97 Å². The molecule has 0 radical (unpaired) electrons. The molecule has 8 nitrogen and oxygen atoms in total. The van der Waals surface area contributed by atoms with Crippen LogP contribution in [0.2, 0.25) is 0 Å². The summed E-state index contributed by atoms with van der Waals surface area (Å²) in [6, 6.07) is 3.84. The van der Waals surface area contributed by atoms with Gasteiger partial charge in [-0.3, -0.25) is 14.3 Å². The molecule has 1 saturated heterocycles. The normalized spacial score (nSPS) is 16.8. The summed E-state index contributed by atoms with van der Waals surface area (Å²) in [7, 11) is 1.82. The van der Waals surface area contributed by atoms with Gasteiger partial charge in [0.05, 0.1) is 22.2 Å². The molecular formula is C18H19N5O3S2. The Kier molecular flexibility index (Phi) is 5.42. The van der Waals surface area contributed by atoms with Crippen LogP contribution in [0.5, 0.6) is 0 Å². The first-order valence-electron chi connectivity index (χ1n) is 8.84. The van der Waals surface area contributed by atoms with Gasteiger partial charge in [0, 0.05) is 30.9 Å². The van der Waals surface area contributed by atoms with E-state index in [1.54, 1.807) is 15.8 Å². The molecule has 1 aliphatic heterocycles. The summed E-state index contributed by atoms with van der Waals surface area (Å²) in [4.78, 5) is 36.2. The number of aryl methyl sites for hydroxylation is 1. The molecule has 0 saturated carbocycles. The van der Waals surface area contributed by atoms with E-state index in [1.807, 2.05) is 19.2 Å². The Morgan fingerprint density at radius 1 is 1.36 bits per heavy atom. The number of thioether (sulfide) groups is 1. The fourth-order valence-electron chi connectivity index (χ4n) is 3.30. The van der Waals surface area contributed by atoms with Crippen molar-refractivity contribution in [1.29, 1.82) is 0 Å². The molecule has 0 aliphatic carbocycles. The fourth-order valence-corrected chi connectivity index (χ4v) is 5.31. The Hall–Kier alpha value is -2.30. The molecule has 0 spiro atoms. The van der Waals surface area contributed by atoms with E-state index in [-0.39, 0.29) is 17.6 Å². The van der Waals surface area contributed by atoms with E-state index < -0.39 is 6.61 Å². The van der Waals surface area contributed by atoms with Crippen molar-refractivity contribution in [3.8, 4) is 0 Å². The summed E-state index contributed by atoms with van der Waals surface area (Å²) >= 11 is 2.88. The third-order valence-electron chi connectivity index (χ3n) is 4.81. The minimum absolute atomic E-state index is 0.0539. The molecule has 4 rings (SSSR count). The number of rotatable bonds is 6. The Morgan fingerprint density at radius 3 is 3.04 bits per heavy atom. The van der Waals surface area contributed by atoms with Gasteiger partial charge < -0.3 is 10.0 Å². The van der Waals surface area contributed by atoms with Crippen LogP contribution in [0.15, 0.2) is 29.7 Å². The summed E-state index contributed by atoms with van der Waals surface area (Å²) in [5.41, 5.74) is 0.742. The van der Waals surface area contributed by atoms with Crippen molar-refractivity contribution in [3.05, 3.63) is 34.4 Å². The predicted molar refractivity (Wildman–Crippen MR) is 107 cm³/mol. The van der Waals surface area contributed by atoms with Crippen LogP contribution >= 0.6 is 23.1 Å². The number of aliphatic hydroxyl groups is 1. The highest BCUT2D eigenvalue weighted by Crippen LogP contribution is 2.33. The maximum absolute atomic E-state index is 12.6. The Labute approximate surface area is 169 Å². The summed E-state index contributed by atoms with van der Waals surface area (Å²) in [6.07, 6.45) is 4.05. The van der Waals surface area contributed by atoms with Crippen LogP contribution in [0.1, 0.15) is 26.9 Å². The molecule has 1 unspecified atom stereocenters. The van der Waals surface area contributed by atoms with E-state index in [1.165, 1.54) is 29.4 Å². The largest absolute Gasteiger partial charge is 0.387 e. The van der Waals surface area contributed by atoms with Crippen LogP contribution in [0.25, 0.3) is 11.0 Å². The molecule has 4 heterocycles. The van der Waals surface area contributed by atoms with Gasteiger partial charge in [-0.05, 0) is 18.6 Å². The van der Waals surface area contributed by atoms with E-state index in [0.29, 0.717) is 23.7 Å². The SMILES string of the molecule is Cn1ncc2c(SCC(=O)c3ccc(C4CCN(C(=O)CO)C4)s3)ncnc21. The lowest BCUT2D eigenvalue weighted by Crippen LogP contribution is -2.30. The number of hydrogen-bond acceptors (Lipinski definition) is 8. The average molecular weight is 418 g/mol. The summed E-state index contributed by atoms with van der Waals surface area (Å²) in [5, 5.41) is 14.8. The lowest BCUT2D eigenvalue weighted by molar-refractivity contribution is -0.133. The highest BCUT2D eigenvalue weighted by atomic mass is 32.2. The zero-order valence-corrected chi connectivity index (χ0v) is 16.9. The van der Waals surface area contributed by atoms with Crippen molar-refractivity contribution in [2.45, 2.75) is 17.4 Å². The second-order valence-corrected chi connectivity index (χ2v) is 8.66. The highest BCUT2D eigenvalue weighted by Gasteiger charge is 2.28. The Morgan fingerprint density at radius 2 is 2.21 bits per heavy atom. The second kappa shape index (κ2) is 7.98. The van der Waals surface area contributed by atoms with Crippen molar-refractivity contribution >= 4 is 45.8 Å². The van der Waals surface area contributed by atoms with E-state index in [2.05, 4.69) is 15.1 Å². The molecule has 1 atom stereocenters. The smallest absolute Gasteiger partial charge is 0.248 e. The molecule has 1 aliphatic rings. The number of carbonyl (C=O) groups excluding carboxylic acids is 2. The number of fused-ring (bicyclic) bond motifs is 1. The van der Waals surface area contributed by atoms with E-state index in [9.17, 15) is 9.59 Å². The number of likely N-dealkylation sites (tertiary alicyclic amines) is 1. The summed E-state index contributed by atoms with van der Waals surface area (Å²) < 4.78 is 1.68. The third kappa shape index (κ3) is 3.67. The molecule has 146 valence electrons. The minimum atomic E-state index is -0.453. The second-order valence-electron chi connectivity index (χ2n) is 6.58. The van der Waals surface area contributed by atoms with Gasteiger partial charge in [0.1, 0.15) is 18.0 Å². The standard InChI is InChI=1S/C18H19N5O3S2/c1-22-17-12(6-21-22)18(20-10-19-17)27-9-13(25)15-3-2-14(28-15)11-4-5-23(7-11)16(26)8-24/h2-3,6,10-11,24H,4-5,7-9H2,1H3. The monoisotopic (exact) mass is 417 g/mol. The first kappa shape index (κ1) is 19.0. The van der Waals surface area contributed by atoms with Gasteiger partial charge in [-0.2, -0.15) is 5.10 Å². The van der Waals surface area contributed by atoms with Crippen LogP contribution in [0.3, 0.4) is 0 Å². The molecule has 0 aromatic carbocycles. The molecule has 10 heteroatoms. The summed E-state index contributed by atoms with van der Waals surface area (Å²) in [5.74, 6) is 0.337. The molecule has 1 amide bonds. The summed E-state index contributed by atoms with van der Waals surface area (Å²) in [6.45, 7) is 0.795. The Bertz CT molecular complexity index is 1030.